The number of nitrogens with zero attached hydrogens (tertiary/aromatic N) is 4. The summed E-state index contributed by atoms with van der Waals surface area (Å²) in [5.41, 5.74) is 2.23. The van der Waals surface area contributed by atoms with Crippen molar-refractivity contribution in [1.29, 1.82) is 0 Å². The van der Waals surface area contributed by atoms with E-state index in [2.05, 4.69) is 31.4 Å². The van der Waals surface area contributed by atoms with Gasteiger partial charge in [0.05, 0.1) is 28.4 Å². The minimum Gasteiger partial charge on any atom is -0.321 e. The molecule has 0 aliphatic rings. The Kier molecular flexibility index (Phi) is 5.01. The van der Waals surface area contributed by atoms with Gasteiger partial charge in [-0.1, -0.05) is 23.7 Å². The fourth-order valence-corrected chi connectivity index (χ4v) is 3.01. The maximum absolute atomic E-state index is 12.5. The number of anilines is 1. The van der Waals surface area contributed by atoms with E-state index in [1.807, 2.05) is 31.2 Å². The third-order valence-electron chi connectivity index (χ3n) is 3.44. The average molecular weight is 409 g/mol. The molecule has 0 bridgehead atoms. The van der Waals surface area contributed by atoms with Crippen molar-refractivity contribution in [2.24, 2.45) is 0 Å². The van der Waals surface area contributed by atoms with Crippen LogP contribution in [0.4, 0.5) is 5.69 Å². The molecule has 1 aromatic carbocycles. The monoisotopic (exact) mass is 407 g/mol. The first-order chi connectivity index (χ1) is 11.6. The van der Waals surface area contributed by atoms with Crippen LogP contribution in [0.5, 0.6) is 0 Å². The van der Waals surface area contributed by atoms with E-state index in [0.29, 0.717) is 34.0 Å². The summed E-state index contributed by atoms with van der Waals surface area (Å²) in [6.07, 6.45) is 4.97. The highest BCUT2D eigenvalue weighted by atomic mass is 79.9. The summed E-state index contributed by atoms with van der Waals surface area (Å²) in [4.78, 5) is 12.5. The molecule has 8 heteroatoms. The van der Waals surface area contributed by atoms with Crippen LogP contribution in [0.25, 0.3) is 0 Å². The topological polar surface area (TPSA) is 64.7 Å². The molecule has 0 aliphatic heterocycles. The van der Waals surface area contributed by atoms with Gasteiger partial charge < -0.3 is 5.32 Å². The molecule has 0 fully saturated rings. The summed E-state index contributed by atoms with van der Waals surface area (Å²) in [6.45, 7) is 3.13. The smallest absolute Gasteiger partial charge is 0.275 e. The number of carbonyl (C=O) groups excluding carboxylic acids is 1. The van der Waals surface area contributed by atoms with E-state index in [1.54, 1.807) is 28.0 Å². The Morgan fingerprint density at radius 1 is 1.33 bits per heavy atom. The molecule has 24 heavy (non-hydrogen) atoms. The zero-order valence-electron chi connectivity index (χ0n) is 12.9. The highest BCUT2D eigenvalue weighted by Crippen LogP contribution is 2.19. The number of nitrogens with one attached hydrogen (secondary N) is 1. The van der Waals surface area contributed by atoms with Crippen molar-refractivity contribution in [2.75, 3.05) is 5.32 Å². The Hall–Kier alpha value is -2.12. The molecule has 0 radical (unpaired) electrons. The molecule has 3 rings (SSSR count). The van der Waals surface area contributed by atoms with Gasteiger partial charge in [-0.05, 0) is 40.5 Å². The Morgan fingerprint density at radius 2 is 2.17 bits per heavy atom. The minimum atomic E-state index is -0.208. The number of hydrogen-bond donors (Lipinski definition) is 1. The highest BCUT2D eigenvalue weighted by molar-refractivity contribution is 9.10. The van der Waals surface area contributed by atoms with Gasteiger partial charge in [-0.25, -0.2) is 0 Å². The van der Waals surface area contributed by atoms with Crippen LogP contribution in [0, 0.1) is 0 Å². The fraction of sp³-hybridized carbons (Fsp3) is 0.188. The van der Waals surface area contributed by atoms with Gasteiger partial charge in [0.2, 0.25) is 0 Å². The number of halogens is 2. The first-order valence-corrected chi connectivity index (χ1v) is 8.53. The number of rotatable bonds is 5. The second-order valence-electron chi connectivity index (χ2n) is 5.17. The predicted molar refractivity (Wildman–Crippen MR) is 96.3 cm³/mol. The third kappa shape index (κ3) is 3.68. The molecule has 3 aromatic rings. The molecule has 1 N–H and O–H groups in total. The Morgan fingerprint density at radius 3 is 2.88 bits per heavy atom. The second kappa shape index (κ2) is 7.19. The average Bonchev–Trinajstić information content (AvgIpc) is 3.13. The lowest BCUT2D eigenvalue weighted by atomic mass is 10.2. The van der Waals surface area contributed by atoms with Crippen LogP contribution in [0.2, 0.25) is 5.02 Å². The number of hydrogen-bond acceptors (Lipinski definition) is 3. The predicted octanol–water partition coefficient (Wildman–Crippen LogP) is 3.82. The molecule has 0 saturated carbocycles. The number of aryl methyl sites for hydroxylation is 1. The number of aromatic nitrogens is 4. The van der Waals surface area contributed by atoms with E-state index < -0.39 is 0 Å². The van der Waals surface area contributed by atoms with Crippen molar-refractivity contribution < 1.29 is 4.79 Å². The lowest BCUT2D eigenvalue weighted by Gasteiger charge is -2.09. The van der Waals surface area contributed by atoms with Crippen LogP contribution < -0.4 is 5.32 Å². The van der Waals surface area contributed by atoms with E-state index in [4.69, 9.17) is 11.6 Å². The normalized spacial score (nSPS) is 10.8. The van der Waals surface area contributed by atoms with Gasteiger partial charge in [0.1, 0.15) is 5.69 Å². The standard InChI is InChI=1S/C16H15BrClN5O/c1-2-23-15(14(17)8-20-23)16(24)21-13-5-3-4-11(6-13)9-22-10-12(18)7-19-22/h3-8,10H,2,9H2,1H3,(H,21,24). The lowest BCUT2D eigenvalue weighted by molar-refractivity contribution is 0.101. The summed E-state index contributed by atoms with van der Waals surface area (Å²) >= 11 is 9.24. The lowest BCUT2D eigenvalue weighted by Crippen LogP contribution is -2.18. The summed E-state index contributed by atoms with van der Waals surface area (Å²) in [6, 6.07) is 7.62. The third-order valence-corrected chi connectivity index (χ3v) is 4.22. The molecule has 0 unspecified atom stereocenters. The van der Waals surface area contributed by atoms with Crippen molar-refractivity contribution in [3.63, 3.8) is 0 Å². The van der Waals surface area contributed by atoms with Gasteiger partial charge in [-0.15, -0.1) is 0 Å². The Bertz CT molecular complexity index is 873. The molecule has 2 heterocycles. The summed E-state index contributed by atoms with van der Waals surface area (Å²) in [7, 11) is 0. The fourth-order valence-electron chi connectivity index (χ4n) is 2.38. The molecule has 124 valence electrons. The van der Waals surface area contributed by atoms with Gasteiger partial charge in [0.15, 0.2) is 0 Å². The van der Waals surface area contributed by atoms with Crippen molar-refractivity contribution in [1.82, 2.24) is 19.6 Å². The van der Waals surface area contributed by atoms with E-state index in [1.165, 1.54) is 0 Å². The van der Waals surface area contributed by atoms with Gasteiger partial charge in [-0.2, -0.15) is 10.2 Å². The van der Waals surface area contributed by atoms with Gasteiger partial charge in [-0.3, -0.25) is 14.2 Å². The van der Waals surface area contributed by atoms with Crippen LogP contribution in [0.1, 0.15) is 23.0 Å². The molecule has 2 aromatic heterocycles. The summed E-state index contributed by atoms with van der Waals surface area (Å²) in [5, 5.41) is 11.8. The maximum atomic E-state index is 12.5. The number of carbonyl (C=O) groups is 1. The summed E-state index contributed by atoms with van der Waals surface area (Å²) in [5.74, 6) is -0.208. The van der Waals surface area contributed by atoms with E-state index in [-0.39, 0.29) is 5.91 Å². The second-order valence-corrected chi connectivity index (χ2v) is 6.46. The van der Waals surface area contributed by atoms with Crippen molar-refractivity contribution in [3.8, 4) is 0 Å². The highest BCUT2D eigenvalue weighted by Gasteiger charge is 2.16. The van der Waals surface area contributed by atoms with Crippen LogP contribution >= 0.6 is 27.5 Å². The molecule has 6 nitrogen and oxygen atoms in total. The van der Waals surface area contributed by atoms with E-state index in [9.17, 15) is 4.79 Å². The zero-order chi connectivity index (χ0) is 17.1. The molecule has 0 saturated heterocycles. The van der Waals surface area contributed by atoms with Crippen LogP contribution in [-0.4, -0.2) is 25.5 Å². The van der Waals surface area contributed by atoms with Crippen molar-refractivity contribution in [3.05, 3.63) is 63.6 Å². The maximum Gasteiger partial charge on any atom is 0.275 e. The molecule has 1 amide bonds. The number of benzene rings is 1. The first-order valence-electron chi connectivity index (χ1n) is 7.36. The molecule has 0 spiro atoms. The zero-order valence-corrected chi connectivity index (χ0v) is 15.3. The van der Waals surface area contributed by atoms with Gasteiger partial charge >= 0.3 is 0 Å². The molecular formula is C16H15BrClN5O. The first kappa shape index (κ1) is 16.7. The van der Waals surface area contributed by atoms with Crippen LogP contribution in [-0.2, 0) is 13.1 Å². The quantitative estimate of drug-likeness (QED) is 0.698. The van der Waals surface area contributed by atoms with Gasteiger partial charge in [0, 0.05) is 18.4 Å². The minimum absolute atomic E-state index is 0.208. The van der Waals surface area contributed by atoms with Crippen LogP contribution in [0.15, 0.2) is 47.3 Å². The van der Waals surface area contributed by atoms with Crippen molar-refractivity contribution >= 4 is 39.1 Å². The van der Waals surface area contributed by atoms with Crippen molar-refractivity contribution in [2.45, 2.75) is 20.0 Å². The SMILES string of the molecule is CCn1ncc(Br)c1C(=O)Nc1cccc(Cn2cc(Cl)cn2)c1. The largest absolute Gasteiger partial charge is 0.321 e. The van der Waals surface area contributed by atoms with E-state index in [0.717, 1.165) is 5.56 Å². The molecule has 0 aliphatic carbocycles. The Labute approximate surface area is 152 Å². The van der Waals surface area contributed by atoms with E-state index >= 15 is 0 Å². The van der Waals surface area contributed by atoms with Crippen LogP contribution in [0.3, 0.4) is 0 Å². The number of amides is 1. The molecular weight excluding hydrogens is 394 g/mol. The Balaban J connectivity index is 1.77. The summed E-state index contributed by atoms with van der Waals surface area (Å²) < 4.78 is 4.06. The van der Waals surface area contributed by atoms with Gasteiger partial charge in [0.25, 0.3) is 5.91 Å². The molecule has 0 atom stereocenters.